The molecular weight excluding hydrogens is 488 g/mol. The number of carbonyl (C=O) groups excluding carboxylic acids is 2. The van der Waals surface area contributed by atoms with Crippen molar-refractivity contribution in [3.8, 4) is 0 Å². The molecule has 184 valence electrons. The van der Waals surface area contributed by atoms with E-state index in [2.05, 4.69) is 0 Å². The van der Waals surface area contributed by atoms with Gasteiger partial charge in [0.25, 0.3) is 5.91 Å². The number of esters is 1. The third-order valence-corrected chi connectivity index (χ3v) is 5.00. The fraction of sp³-hybridized carbons (Fsp3) is 0.304. The predicted octanol–water partition coefficient (Wildman–Crippen LogP) is 6.18. The Kier molecular flexibility index (Phi) is 8.77. The average Bonchev–Trinajstić information content (AvgIpc) is 2.75. The lowest BCUT2D eigenvalue weighted by atomic mass is 10.0. The van der Waals surface area contributed by atoms with Gasteiger partial charge in [-0.25, -0.2) is 4.79 Å². The number of amides is 1. The Labute approximate surface area is 196 Å². The molecular formula is C23H20ClF6NO3. The van der Waals surface area contributed by atoms with Gasteiger partial charge in [0.05, 0.1) is 23.8 Å². The van der Waals surface area contributed by atoms with E-state index in [4.69, 9.17) is 16.3 Å². The number of benzene rings is 2. The molecule has 2 rings (SSSR count). The average molecular weight is 508 g/mol. The highest BCUT2D eigenvalue weighted by atomic mass is 35.5. The molecule has 0 saturated carbocycles. The van der Waals surface area contributed by atoms with Crippen molar-refractivity contribution < 1.29 is 40.7 Å². The van der Waals surface area contributed by atoms with Crippen LogP contribution in [-0.4, -0.2) is 36.5 Å². The zero-order valence-electron chi connectivity index (χ0n) is 18.0. The van der Waals surface area contributed by atoms with Gasteiger partial charge in [-0.2, -0.15) is 26.3 Å². The SMILES string of the molecule is CCOC(=O)C=CC(Cc1ccc(Cl)cc1)N(C)C(=O)c1cc(C(F)(F)F)cc(C(F)(F)F)c1. The van der Waals surface area contributed by atoms with Crippen LogP contribution >= 0.6 is 11.6 Å². The molecule has 1 amide bonds. The first-order valence-electron chi connectivity index (χ1n) is 9.88. The minimum atomic E-state index is -5.10. The van der Waals surface area contributed by atoms with Crippen LogP contribution < -0.4 is 0 Å². The van der Waals surface area contributed by atoms with Crippen molar-refractivity contribution in [2.24, 2.45) is 0 Å². The van der Waals surface area contributed by atoms with Crippen LogP contribution in [0.2, 0.25) is 5.02 Å². The number of likely N-dealkylation sites (N-methyl/N-ethyl adjacent to an activating group) is 1. The van der Waals surface area contributed by atoms with Gasteiger partial charge in [-0.3, -0.25) is 4.79 Å². The number of rotatable bonds is 7. The van der Waals surface area contributed by atoms with E-state index >= 15 is 0 Å². The van der Waals surface area contributed by atoms with Crippen molar-refractivity contribution in [2.75, 3.05) is 13.7 Å². The molecule has 0 aliphatic rings. The van der Waals surface area contributed by atoms with Crippen LogP contribution in [0.4, 0.5) is 26.3 Å². The molecule has 0 bridgehead atoms. The minimum absolute atomic E-state index is 0.0529. The molecule has 0 aliphatic heterocycles. The van der Waals surface area contributed by atoms with Crippen molar-refractivity contribution >= 4 is 23.5 Å². The number of ether oxygens (including phenoxy) is 1. The molecule has 0 aliphatic carbocycles. The quantitative estimate of drug-likeness (QED) is 0.255. The van der Waals surface area contributed by atoms with Gasteiger partial charge in [-0.15, -0.1) is 0 Å². The maximum absolute atomic E-state index is 13.2. The monoisotopic (exact) mass is 507 g/mol. The van der Waals surface area contributed by atoms with Crippen molar-refractivity contribution in [1.82, 2.24) is 4.90 Å². The topological polar surface area (TPSA) is 46.6 Å². The highest BCUT2D eigenvalue weighted by molar-refractivity contribution is 6.30. The summed E-state index contributed by atoms with van der Waals surface area (Å²) in [6, 6.07) is 6.20. The predicted molar refractivity (Wildman–Crippen MR) is 113 cm³/mol. The van der Waals surface area contributed by atoms with Crippen LogP contribution in [0.5, 0.6) is 0 Å². The van der Waals surface area contributed by atoms with Crippen LogP contribution in [0.25, 0.3) is 0 Å². The molecule has 11 heteroatoms. The smallest absolute Gasteiger partial charge is 0.416 e. The normalized spacial score (nSPS) is 13.1. The van der Waals surface area contributed by atoms with Crippen LogP contribution in [0.15, 0.2) is 54.6 Å². The van der Waals surface area contributed by atoms with E-state index in [9.17, 15) is 35.9 Å². The fourth-order valence-electron chi connectivity index (χ4n) is 3.01. The molecule has 1 atom stereocenters. The Balaban J connectivity index is 2.46. The summed E-state index contributed by atoms with van der Waals surface area (Å²) in [6.07, 6.45) is -7.76. The second kappa shape index (κ2) is 10.9. The zero-order valence-corrected chi connectivity index (χ0v) is 18.8. The first-order valence-corrected chi connectivity index (χ1v) is 10.3. The maximum atomic E-state index is 13.2. The van der Waals surface area contributed by atoms with Gasteiger partial charge in [0.15, 0.2) is 0 Å². The Morgan fingerprint density at radius 2 is 1.53 bits per heavy atom. The number of halogens is 7. The fourth-order valence-corrected chi connectivity index (χ4v) is 3.13. The second-order valence-corrected chi connectivity index (χ2v) is 7.66. The van der Waals surface area contributed by atoms with Crippen LogP contribution in [0.1, 0.15) is 34.0 Å². The molecule has 0 radical (unpaired) electrons. The summed E-state index contributed by atoms with van der Waals surface area (Å²) >= 11 is 5.86. The molecule has 1 unspecified atom stereocenters. The summed E-state index contributed by atoms with van der Waals surface area (Å²) in [7, 11) is 1.21. The minimum Gasteiger partial charge on any atom is -0.463 e. The van der Waals surface area contributed by atoms with Crippen molar-refractivity contribution in [3.63, 3.8) is 0 Å². The third kappa shape index (κ3) is 7.51. The molecule has 0 spiro atoms. The Bertz CT molecular complexity index is 1020. The number of hydrogen-bond donors (Lipinski definition) is 0. The van der Waals surface area contributed by atoms with Crippen LogP contribution in [0, 0.1) is 0 Å². The molecule has 0 heterocycles. The van der Waals surface area contributed by atoms with E-state index in [-0.39, 0.29) is 19.1 Å². The molecule has 0 saturated heterocycles. The van der Waals surface area contributed by atoms with E-state index in [0.29, 0.717) is 22.7 Å². The van der Waals surface area contributed by atoms with E-state index in [1.165, 1.54) is 13.1 Å². The van der Waals surface area contributed by atoms with Gasteiger partial charge in [0.1, 0.15) is 0 Å². The molecule has 0 fully saturated rings. The molecule has 2 aromatic rings. The summed E-state index contributed by atoms with van der Waals surface area (Å²) in [4.78, 5) is 25.7. The van der Waals surface area contributed by atoms with Gasteiger partial charge in [-0.1, -0.05) is 29.8 Å². The van der Waals surface area contributed by atoms with Gasteiger partial charge in [0.2, 0.25) is 0 Å². The first kappa shape index (κ1) is 27.2. The van der Waals surface area contributed by atoms with Gasteiger partial charge in [0, 0.05) is 23.7 Å². The summed E-state index contributed by atoms with van der Waals surface area (Å²) in [5.74, 6) is -1.81. The first-order chi connectivity index (χ1) is 15.7. The lowest BCUT2D eigenvalue weighted by Crippen LogP contribution is -2.37. The van der Waals surface area contributed by atoms with E-state index in [1.807, 2.05) is 0 Å². The lowest BCUT2D eigenvalue weighted by Gasteiger charge is -2.27. The molecule has 34 heavy (non-hydrogen) atoms. The third-order valence-electron chi connectivity index (χ3n) is 4.75. The van der Waals surface area contributed by atoms with Crippen molar-refractivity contribution in [2.45, 2.75) is 31.7 Å². The Hall–Kier alpha value is -3.01. The zero-order chi connectivity index (χ0) is 25.7. The Morgan fingerprint density at radius 1 is 1.00 bits per heavy atom. The number of hydrogen-bond acceptors (Lipinski definition) is 3. The lowest BCUT2D eigenvalue weighted by molar-refractivity contribution is -0.143. The second-order valence-electron chi connectivity index (χ2n) is 7.22. The standard InChI is InChI=1S/C23H20ClF6NO3/c1-3-34-20(32)9-8-19(10-14-4-6-18(24)7-5-14)31(2)21(33)15-11-16(22(25,26)27)13-17(12-15)23(28,29)30/h4-9,11-13,19H,3,10H2,1-2H3. The molecule has 4 nitrogen and oxygen atoms in total. The molecule has 0 N–H and O–H groups in total. The van der Waals surface area contributed by atoms with Gasteiger partial charge in [-0.05, 0) is 49.2 Å². The van der Waals surface area contributed by atoms with E-state index in [0.717, 1.165) is 11.0 Å². The van der Waals surface area contributed by atoms with Crippen LogP contribution in [0.3, 0.4) is 0 Å². The van der Waals surface area contributed by atoms with Crippen LogP contribution in [-0.2, 0) is 28.3 Å². The van der Waals surface area contributed by atoms with Crippen molar-refractivity contribution in [1.29, 1.82) is 0 Å². The maximum Gasteiger partial charge on any atom is 0.416 e. The van der Waals surface area contributed by atoms with E-state index in [1.54, 1.807) is 31.2 Å². The molecule has 0 aromatic heterocycles. The van der Waals surface area contributed by atoms with Crippen molar-refractivity contribution in [3.05, 3.63) is 81.9 Å². The number of alkyl halides is 6. The van der Waals surface area contributed by atoms with Gasteiger partial charge >= 0.3 is 18.3 Å². The summed E-state index contributed by atoms with van der Waals surface area (Å²) in [5, 5.41) is 0.440. The summed E-state index contributed by atoms with van der Waals surface area (Å²) < 4.78 is 84.0. The summed E-state index contributed by atoms with van der Waals surface area (Å²) in [5.41, 5.74) is -3.34. The Morgan fingerprint density at radius 3 is 2.00 bits per heavy atom. The molecule has 2 aromatic carbocycles. The highest BCUT2D eigenvalue weighted by Gasteiger charge is 2.38. The number of carbonyl (C=O) groups is 2. The van der Waals surface area contributed by atoms with E-state index < -0.39 is 47.0 Å². The summed E-state index contributed by atoms with van der Waals surface area (Å²) in [6.45, 7) is 1.67. The largest absolute Gasteiger partial charge is 0.463 e. The highest BCUT2D eigenvalue weighted by Crippen LogP contribution is 2.36. The van der Waals surface area contributed by atoms with Gasteiger partial charge < -0.3 is 9.64 Å². The number of nitrogens with zero attached hydrogens (tertiary/aromatic N) is 1.